The Morgan fingerprint density at radius 3 is 1.25 bits per heavy atom. The Hall–Kier alpha value is 1.44. The van der Waals surface area contributed by atoms with Gasteiger partial charge in [-0.15, -0.1) is 0 Å². The van der Waals surface area contributed by atoms with Crippen LogP contribution < -0.4 is 0 Å². The Kier molecular flexibility index (Phi) is 114. The zero-order chi connectivity index (χ0) is 2.00. The summed E-state index contributed by atoms with van der Waals surface area (Å²) in [6.45, 7) is 0. The quantitative estimate of drug-likeness (QED) is 0.444. The van der Waals surface area contributed by atoms with E-state index in [0.29, 0.717) is 0 Å². The smallest absolute Gasteiger partial charge is 0 e. The van der Waals surface area contributed by atoms with Gasteiger partial charge in [0.2, 0.25) is 0 Å². The molecule has 0 unspecified atom stereocenters. The molecule has 0 amide bonds. The second kappa shape index (κ2) is 25.4. The average Bonchev–Trinajstić information content (AvgIpc) is 1.00. The zero-order valence-electron chi connectivity index (χ0n) is 2.69. The van der Waals surface area contributed by atoms with E-state index in [-0.39, 0.29) is 53.0 Å². The fourth-order valence-electron chi connectivity index (χ4n) is 0. The molecule has 2 radical (unpaired) electrons. The van der Waals surface area contributed by atoms with E-state index in [9.17, 15) is 0 Å². The Bertz CT molecular complexity index is 8.00. The van der Waals surface area contributed by atoms with E-state index >= 15 is 0 Å². The maximum absolute atomic E-state index is 8.38. The molecule has 0 rings (SSSR count). The van der Waals surface area contributed by atoms with E-state index in [0.717, 1.165) is 0 Å². The second-order valence-corrected chi connectivity index (χ2v) is 0. The Labute approximate surface area is 55.8 Å². The van der Waals surface area contributed by atoms with Crippen molar-refractivity contribution < 1.29 is 22.6 Å². The molecule has 20 valence electrons. The molecule has 4 heteroatoms. The van der Waals surface area contributed by atoms with Gasteiger partial charge in [0, 0.05) is 19.5 Å². The first-order chi connectivity index (χ1) is 1.00. The summed E-state index contributed by atoms with van der Waals surface area (Å²) < 4.78 is 8.38. The largest absolute Gasteiger partial charge is 0.0125 e. The van der Waals surface area contributed by atoms with Crippen molar-refractivity contribution in [1.29, 1.82) is 0 Å². The molecule has 0 aromatic heterocycles. The maximum Gasteiger partial charge on any atom is 0 e. The molecule has 0 bridgehead atoms. The number of hydrogen-bond donors (Lipinski definition) is 0. The third-order valence-corrected chi connectivity index (χ3v) is 0. The van der Waals surface area contributed by atoms with Crippen LogP contribution in [0.4, 0.5) is 0 Å². The van der Waals surface area contributed by atoms with Crippen LogP contribution >= 0.6 is 0 Å². The van der Waals surface area contributed by atoms with E-state index in [2.05, 4.69) is 0 Å². The van der Waals surface area contributed by atoms with Crippen LogP contribution in [0.15, 0.2) is 0 Å². The predicted octanol–water partition coefficient (Wildman–Crippen LogP) is -1.95. The summed E-state index contributed by atoms with van der Waals surface area (Å²) in [6, 6.07) is 0. The van der Waals surface area contributed by atoms with Crippen LogP contribution in [0.3, 0.4) is 0 Å². The van der Waals surface area contributed by atoms with Crippen LogP contribution in [0, 0.1) is 0 Å². The fourth-order valence-corrected chi connectivity index (χ4v) is 0. The topological polar surface area (TPSA) is 17.1 Å². The van der Waals surface area contributed by atoms with E-state index in [4.69, 9.17) is 3.08 Å². The molecule has 0 aliphatic heterocycles. The van der Waals surface area contributed by atoms with Gasteiger partial charge in [-0.2, -0.15) is 0 Å². The van der Waals surface area contributed by atoms with Crippen molar-refractivity contribution in [2.45, 2.75) is 0 Å². The summed E-state index contributed by atoms with van der Waals surface area (Å²) in [5, 5.41) is 0. The van der Waals surface area contributed by atoms with Crippen molar-refractivity contribution in [2.24, 2.45) is 0 Å². The van der Waals surface area contributed by atoms with E-state index in [1.807, 2.05) is 0 Å². The third kappa shape index (κ3) is 9.88. The molecule has 0 N–H and O–H groups in total. The van der Waals surface area contributed by atoms with Gasteiger partial charge in [0.25, 0.3) is 0 Å². The van der Waals surface area contributed by atoms with Gasteiger partial charge in [0.1, 0.15) is 0 Å². The van der Waals surface area contributed by atoms with Crippen molar-refractivity contribution in [3.63, 3.8) is 0 Å². The molecule has 0 saturated heterocycles. The third-order valence-electron chi connectivity index (χ3n) is 0. The monoisotopic (exact) mass is 232 g/mol. The van der Waals surface area contributed by atoms with Crippen LogP contribution in [0.2, 0.25) is 0 Å². The number of hydrogen-bond acceptors (Lipinski definition) is 1. The summed E-state index contributed by atoms with van der Waals surface area (Å²) in [7, 11) is 0. The molecular weight excluding hydrogens is 228 g/mol. The summed E-state index contributed by atoms with van der Waals surface area (Å²) in [4.78, 5) is 0. The predicted molar refractivity (Wildman–Crippen MR) is 17.8 cm³/mol. The first-order valence-electron chi connectivity index (χ1n) is 0.236. The molecule has 0 fully saturated rings. The van der Waals surface area contributed by atoms with Crippen molar-refractivity contribution >= 4 is 33.5 Å². The van der Waals surface area contributed by atoms with Gasteiger partial charge in [-0.05, 0) is 11.0 Å². The van der Waals surface area contributed by atoms with Gasteiger partial charge in [-0.1, -0.05) is 0 Å². The van der Waals surface area contributed by atoms with Crippen LogP contribution in [0.1, 0.15) is 0 Å². The average molecular weight is 232 g/mol. The molecule has 0 saturated carbocycles. The SMILES string of the molecule is [O]=[SnH].[SiH3].[Zn]. The zero-order valence-corrected chi connectivity index (χ0v) is 11.0. The second-order valence-electron chi connectivity index (χ2n) is 0. The minimum absolute atomic E-state index is 0. The molecule has 0 aromatic rings. The Balaban J connectivity index is -0.00000000500. The van der Waals surface area contributed by atoms with Crippen LogP contribution in [-0.4, -0.2) is 33.5 Å². The Morgan fingerprint density at radius 2 is 1.25 bits per heavy atom. The molecule has 1 nitrogen and oxygen atoms in total. The van der Waals surface area contributed by atoms with Crippen LogP contribution in [0.25, 0.3) is 0 Å². The van der Waals surface area contributed by atoms with Gasteiger partial charge in [-0.3, -0.25) is 0 Å². The van der Waals surface area contributed by atoms with E-state index < -0.39 is 0 Å². The van der Waals surface area contributed by atoms with Crippen LogP contribution in [0.5, 0.6) is 0 Å². The van der Waals surface area contributed by atoms with Gasteiger partial charge < -0.3 is 0 Å². The van der Waals surface area contributed by atoms with Crippen molar-refractivity contribution in [2.75, 3.05) is 0 Å². The van der Waals surface area contributed by atoms with Gasteiger partial charge in [-0.25, -0.2) is 0 Å². The normalized spacial score (nSPS) is 1.00. The van der Waals surface area contributed by atoms with Gasteiger partial charge in [0.05, 0.1) is 0 Å². The summed E-state index contributed by atoms with van der Waals surface area (Å²) in [6.07, 6.45) is 0. The van der Waals surface area contributed by atoms with Crippen molar-refractivity contribution in [3.05, 3.63) is 0 Å². The summed E-state index contributed by atoms with van der Waals surface area (Å²) in [5.74, 6) is 0. The number of rotatable bonds is 0. The Morgan fingerprint density at radius 1 is 1.25 bits per heavy atom. The van der Waals surface area contributed by atoms with Gasteiger partial charge >= 0.3 is 25.6 Å². The van der Waals surface area contributed by atoms with Crippen molar-refractivity contribution in [1.82, 2.24) is 0 Å². The van der Waals surface area contributed by atoms with E-state index in [1.165, 1.54) is 0 Å². The minimum atomic E-state index is 0. The molecular formula is H4OSiSnZn. The molecule has 0 aliphatic carbocycles. The first kappa shape index (κ1) is 18.0. The summed E-state index contributed by atoms with van der Waals surface area (Å²) >= 11 is 0.100. The fraction of sp³-hybridized carbons (Fsp3) is 0. The molecule has 0 aliphatic rings. The molecule has 0 heterocycles. The molecule has 0 aromatic carbocycles. The molecule has 0 spiro atoms. The molecule has 4 heavy (non-hydrogen) atoms. The van der Waals surface area contributed by atoms with Crippen molar-refractivity contribution in [3.8, 4) is 0 Å². The minimum Gasteiger partial charge on any atom is -0.0125 e. The van der Waals surface area contributed by atoms with E-state index in [1.54, 1.807) is 0 Å². The molecule has 0 atom stereocenters. The first-order valence-corrected chi connectivity index (χ1v) is 1.58. The summed E-state index contributed by atoms with van der Waals surface area (Å²) in [5.41, 5.74) is 0. The van der Waals surface area contributed by atoms with Crippen LogP contribution in [-0.2, 0) is 22.6 Å². The maximum atomic E-state index is 8.38. The standard InChI is InChI=1S/O.H3Si.Sn.Zn.H/h;1H3;;;. The van der Waals surface area contributed by atoms with Gasteiger partial charge in [0.15, 0.2) is 0 Å².